The van der Waals surface area contributed by atoms with Crippen LogP contribution in [0.5, 0.6) is 0 Å². The van der Waals surface area contributed by atoms with Crippen LogP contribution in [0.25, 0.3) is 6.08 Å². The van der Waals surface area contributed by atoms with Gasteiger partial charge >= 0.3 is 0 Å². The third-order valence-electron chi connectivity index (χ3n) is 2.48. The van der Waals surface area contributed by atoms with E-state index in [1.165, 1.54) is 18.1 Å². The number of hydrogen-bond acceptors (Lipinski definition) is 1. The average molecular weight is 211 g/mol. The van der Waals surface area contributed by atoms with Gasteiger partial charge in [0.1, 0.15) is 0 Å². The molecule has 1 N–H and O–H groups in total. The van der Waals surface area contributed by atoms with E-state index in [2.05, 4.69) is 35.4 Å². The highest BCUT2D eigenvalue weighted by Crippen LogP contribution is 2.22. The number of benzene rings is 1. The zero-order chi connectivity index (χ0) is 11.4. The molecule has 0 bridgehead atoms. The number of amides is 1. The van der Waals surface area contributed by atoms with Crippen molar-refractivity contribution in [1.82, 2.24) is 5.32 Å². The van der Waals surface area contributed by atoms with Gasteiger partial charge in [-0.3, -0.25) is 4.79 Å². The van der Waals surface area contributed by atoms with Crippen molar-refractivity contribution >= 4 is 12.0 Å². The van der Waals surface area contributed by atoms with Gasteiger partial charge in [-0.25, -0.2) is 0 Å². The van der Waals surface area contributed by atoms with Crippen LogP contribution in [0.2, 0.25) is 0 Å². The molecule has 0 spiro atoms. The van der Waals surface area contributed by atoms with Crippen LogP contribution in [0.1, 0.15) is 23.6 Å². The lowest BCUT2D eigenvalue weighted by molar-refractivity contribution is -0.118. The number of carbonyl (C=O) groups excluding carboxylic acids is 1. The first kappa shape index (κ1) is 10.5. The predicted octanol–water partition coefficient (Wildman–Crippen LogP) is 1.74. The summed E-state index contributed by atoms with van der Waals surface area (Å²) in [5, 5.41) is 2.66. The minimum absolute atomic E-state index is 0.0470. The van der Waals surface area contributed by atoms with Crippen LogP contribution in [-0.4, -0.2) is 12.5 Å². The number of rotatable bonds is 1. The van der Waals surface area contributed by atoms with Crippen molar-refractivity contribution < 1.29 is 4.79 Å². The molecule has 0 saturated heterocycles. The van der Waals surface area contributed by atoms with Crippen LogP contribution in [0.4, 0.5) is 0 Å². The lowest BCUT2D eigenvalue weighted by Crippen LogP contribution is -2.19. The van der Waals surface area contributed by atoms with Gasteiger partial charge in [-0.15, -0.1) is 0 Å². The lowest BCUT2D eigenvalue weighted by atomic mass is 10.0. The third-order valence-corrected chi connectivity index (χ3v) is 2.48. The summed E-state index contributed by atoms with van der Waals surface area (Å²) in [7, 11) is 0. The summed E-state index contributed by atoms with van der Waals surface area (Å²) in [4.78, 5) is 10.7. The molecule has 1 aliphatic carbocycles. The number of hydrogen-bond donors (Lipinski definition) is 1. The Morgan fingerprint density at radius 3 is 3.19 bits per heavy atom. The SMILES string of the molecule is CC(=O)NCC#Cc1cccc2c1CC=C2. The van der Waals surface area contributed by atoms with Crippen LogP contribution in [0.3, 0.4) is 0 Å². The van der Waals surface area contributed by atoms with Gasteiger partial charge in [0.15, 0.2) is 0 Å². The normalized spacial score (nSPS) is 11.6. The van der Waals surface area contributed by atoms with Crippen LogP contribution in [0.15, 0.2) is 24.3 Å². The number of allylic oxidation sites excluding steroid dienone is 1. The summed E-state index contributed by atoms with van der Waals surface area (Å²) in [5.74, 6) is 6.00. The molecule has 0 unspecified atom stereocenters. The highest BCUT2D eigenvalue weighted by Gasteiger charge is 2.07. The van der Waals surface area contributed by atoms with Gasteiger partial charge in [-0.1, -0.05) is 36.1 Å². The predicted molar refractivity (Wildman–Crippen MR) is 64.7 cm³/mol. The summed E-state index contributed by atoms with van der Waals surface area (Å²) in [6.07, 6.45) is 5.22. The number of fused-ring (bicyclic) bond motifs is 1. The van der Waals surface area contributed by atoms with Crippen molar-refractivity contribution in [2.24, 2.45) is 0 Å². The number of nitrogens with one attached hydrogen (secondary N) is 1. The molecule has 2 heteroatoms. The molecule has 16 heavy (non-hydrogen) atoms. The monoisotopic (exact) mass is 211 g/mol. The topological polar surface area (TPSA) is 29.1 Å². The van der Waals surface area contributed by atoms with Gasteiger partial charge in [0.2, 0.25) is 5.91 Å². The van der Waals surface area contributed by atoms with E-state index in [0.29, 0.717) is 6.54 Å². The molecule has 0 heterocycles. The molecule has 1 aliphatic rings. The van der Waals surface area contributed by atoms with E-state index in [1.807, 2.05) is 12.1 Å². The molecule has 1 aromatic carbocycles. The van der Waals surface area contributed by atoms with E-state index in [4.69, 9.17) is 0 Å². The van der Waals surface area contributed by atoms with E-state index in [-0.39, 0.29) is 5.91 Å². The van der Waals surface area contributed by atoms with E-state index in [1.54, 1.807) is 0 Å². The van der Waals surface area contributed by atoms with Gasteiger partial charge in [0.05, 0.1) is 6.54 Å². The first-order chi connectivity index (χ1) is 7.77. The zero-order valence-corrected chi connectivity index (χ0v) is 9.21. The smallest absolute Gasteiger partial charge is 0.217 e. The molecule has 0 aliphatic heterocycles. The molecule has 0 aromatic heterocycles. The van der Waals surface area contributed by atoms with Gasteiger partial charge in [0, 0.05) is 12.5 Å². The molecule has 0 atom stereocenters. The maximum absolute atomic E-state index is 10.7. The second kappa shape index (κ2) is 4.67. The minimum Gasteiger partial charge on any atom is -0.345 e. The maximum Gasteiger partial charge on any atom is 0.217 e. The van der Waals surface area contributed by atoms with E-state index < -0.39 is 0 Å². The molecule has 0 saturated carbocycles. The zero-order valence-electron chi connectivity index (χ0n) is 9.21. The van der Waals surface area contributed by atoms with E-state index in [9.17, 15) is 4.79 Å². The summed E-state index contributed by atoms with van der Waals surface area (Å²) >= 11 is 0. The van der Waals surface area contributed by atoms with Crippen molar-refractivity contribution in [1.29, 1.82) is 0 Å². The maximum atomic E-state index is 10.7. The quantitative estimate of drug-likeness (QED) is 0.704. The van der Waals surface area contributed by atoms with Crippen molar-refractivity contribution in [3.05, 3.63) is 41.0 Å². The van der Waals surface area contributed by atoms with Crippen LogP contribution in [0, 0.1) is 11.8 Å². The molecule has 2 nitrogen and oxygen atoms in total. The van der Waals surface area contributed by atoms with Crippen LogP contribution < -0.4 is 5.32 Å². The largest absolute Gasteiger partial charge is 0.345 e. The Balaban J connectivity index is 2.11. The Kier molecular flexibility index (Phi) is 3.07. The lowest BCUT2D eigenvalue weighted by Gasteiger charge is -2.01. The van der Waals surface area contributed by atoms with Gasteiger partial charge < -0.3 is 5.32 Å². The van der Waals surface area contributed by atoms with Crippen LogP contribution in [-0.2, 0) is 11.2 Å². The Labute approximate surface area is 95.4 Å². The first-order valence-electron chi connectivity index (χ1n) is 5.29. The molecule has 80 valence electrons. The molecule has 1 amide bonds. The highest BCUT2D eigenvalue weighted by atomic mass is 16.1. The van der Waals surface area contributed by atoms with Gasteiger partial charge in [0.25, 0.3) is 0 Å². The van der Waals surface area contributed by atoms with Gasteiger partial charge in [-0.2, -0.15) is 0 Å². The fourth-order valence-corrected chi connectivity index (χ4v) is 1.72. The van der Waals surface area contributed by atoms with Crippen molar-refractivity contribution in [2.75, 3.05) is 6.54 Å². The fourth-order valence-electron chi connectivity index (χ4n) is 1.72. The molecule has 2 rings (SSSR count). The molecular weight excluding hydrogens is 198 g/mol. The Bertz CT molecular complexity index is 503. The number of carbonyl (C=O) groups is 1. The van der Waals surface area contributed by atoms with Crippen molar-refractivity contribution in [3.8, 4) is 11.8 Å². The average Bonchev–Trinajstić information content (AvgIpc) is 2.72. The van der Waals surface area contributed by atoms with Crippen molar-refractivity contribution in [3.63, 3.8) is 0 Å². The molecule has 0 radical (unpaired) electrons. The van der Waals surface area contributed by atoms with E-state index >= 15 is 0 Å². The minimum atomic E-state index is -0.0470. The van der Waals surface area contributed by atoms with Crippen LogP contribution >= 0.6 is 0 Å². The van der Waals surface area contributed by atoms with Gasteiger partial charge in [-0.05, 0) is 23.6 Å². The summed E-state index contributed by atoms with van der Waals surface area (Å²) in [6, 6.07) is 6.13. The third kappa shape index (κ3) is 2.32. The second-order valence-electron chi connectivity index (χ2n) is 3.69. The van der Waals surface area contributed by atoms with Crippen molar-refractivity contribution in [2.45, 2.75) is 13.3 Å². The summed E-state index contributed by atoms with van der Waals surface area (Å²) in [6.45, 7) is 1.90. The summed E-state index contributed by atoms with van der Waals surface area (Å²) < 4.78 is 0. The van der Waals surface area contributed by atoms with E-state index in [0.717, 1.165) is 12.0 Å². The molecule has 0 fully saturated rings. The summed E-state index contributed by atoms with van der Waals surface area (Å²) in [5.41, 5.74) is 3.61. The fraction of sp³-hybridized carbons (Fsp3) is 0.214. The Hall–Kier alpha value is -2.01. The Morgan fingerprint density at radius 1 is 1.50 bits per heavy atom. The highest BCUT2D eigenvalue weighted by molar-refractivity contribution is 5.73. The standard InChI is InChI=1S/C14H13NO/c1-11(16)15-10-4-8-13-6-2-5-12-7-3-9-14(12)13/h2-3,5-7H,9-10H2,1H3,(H,15,16). The molecular formula is C14H13NO. The second-order valence-corrected chi connectivity index (χ2v) is 3.69. The Morgan fingerprint density at radius 2 is 2.38 bits per heavy atom. The first-order valence-corrected chi connectivity index (χ1v) is 5.29. The molecule has 1 aromatic rings.